The zero-order valence-electron chi connectivity index (χ0n) is 21.6. The van der Waals surface area contributed by atoms with Crippen LogP contribution in [0.4, 0.5) is 14.5 Å². The molecule has 1 aliphatic heterocycles. The lowest BCUT2D eigenvalue weighted by molar-refractivity contribution is -0.141. The van der Waals surface area contributed by atoms with E-state index in [1.165, 1.54) is 31.4 Å². The maximum absolute atomic E-state index is 12.8. The normalized spacial score (nSPS) is 14.7. The van der Waals surface area contributed by atoms with Crippen molar-refractivity contribution in [1.29, 1.82) is 0 Å². The molecule has 1 fully saturated rings. The Kier molecular flexibility index (Phi) is 9.03. The number of carbonyl (C=O) groups excluding carboxylic acids is 1. The zero-order chi connectivity index (χ0) is 27.9. The Hall–Kier alpha value is -4.12. The average molecular weight is 545 g/mol. The smallest absolute Gasteiger partial charge is 0.387 e. The molecule has 2 aromatic carbocycles. The summed E-state index contributed by atoms with van der Waals surface area (Å²) in [5.41, 5.74) is 0.748. The topological polar surface area (TPSA) is 102 Å². The summed E-state index contributed by atoms with van der Waals surface area (Å²) >= 11 is 0. The molecule has 0 bridgehead atoms. The number of anilines is 1. The number of halogens is 2. The van der Waals surface area contributed by atoms with E-state index in [4.69, 9.17) is 13.9 Å². The van der Waals surface area contributed by atoms with Crippen LogP contribution in [0, 0.1) is 0 Å². The van der Waals surface area contributed by atoms with Crippen molar-refractivity contribution in [2.24, 2.45) is 0 Å². The minimum Gasteiger partial charge on any atom is -0.502 e. The summed E-state index contributed by atoms with van der Waals surface area (Å²) in [6.45, 7) is 0.166. The van der Waals surface area contributed by atoms with E-state index in [0.717, 1.165) is 24.5 Å². The van der Waals surface area contributed by atoms with E-state index < -0.39 is 29.7 Å². The lowest BCUT2D eigenvalue weighted by Crippen LogP contribution is -2.46. The molecule has 208 valence electrons. The Morgan fingerprint density at radius 1 is 1.03 bits per heavy atom. The first kappa shape index (κ1) is 27.9. The molecule has 0 radical (unpaired) electrons. The third kappa shape index (κ3) is 7.05. The van der Waals surface area contributed by atoms with Gasteiger partial charge < -0.3 is 28.6 Å². The van der Waals surface area contributed by atoms with Gasteiger partial charge in [-0.15, -0.1) is 0 Å². The highest BCUT2D eigenvalue weighted by atomic mass is 19.3. The van der Waals surface area contributed by atoms with Crippen molar-refractivity contribution in [1.82, 2.24) is 4.90 Å². The number of hydrogen-bond acceptors (Lipinski definition) is 9. The van der Waals surface area contributed by atoms with Gasteiger partial charge >= 0.3 is 12.6 Å². The molecule has 0 aliphatic carbocycles. The van der Waals surface area contributed by atoms with E-state index in [0.29, 0.717) is 31.0 Å². The SMILES string of the molecule is COC(=O)C[C@H](c1cccc(OC(F)F)c1)c1oc(CN2CCN(c3ccc(OC)cc3)CC2)cc(=O)c1O. The predicted molar refractivity (Wildman–Crippen MR) is 139 cm³/mol. The maximum atomic E-state index is 12.8. The number of nitrogens with zero attached hydrogens (tertiary/aromatic N) is 2. The van der Waals surface area contributed by atoms with Crippen molar-refractivity contribution in [3.63, 3.8) is 0 Å². The molecular formula is C28H30F2N2O7. The molecule has 9 nitrogen and oxygen atoms in total. The summed E-state index contributed by atoms with van der Waals surface area (Å²) in [5.74, 6) is -1.45. The molecule has 1 saturated heterocycles. The standard InChI is InChI=1S/C28H30F2N2O7/c1-36-20-8-6-19(7-9-20)32-12-10-31(11-13-32)17-22-15-24(33)26(35)27(38-22)23(16-25(34)37-2)18-4-3-5-21(14-18)39-28(29)30/h3-9,14-15,23,28,35H,10-13,16-17H2,1-2H3/t23-/m1/s1. The fourth-order valence-electron chi connectivity index (χ4n) is 4.57. The van der Waals surface area contributed by atoms with Crippen molar-refractivity contribution < 1.29 is 37.3 Å². The fraction of sp³-hybridized carbons (Fsp3) is 0.357. The molecule has 0 spiro atoms. The molecule has 0 saturated carbocycles. The van der Waals surface area contributed by atoms with Crippen molar-refractivity contribution in [3.8, 4) is 17.2 Å². The minimum absolute atomic E-state index is 0.134. The Morgan fingerprint density at radius 2 is 1.74 bits per heavy atom. The number of benzene rings is 2. The molecule has 0 amide bonds. The molecule has 3 aromatic rings. The first-order valence-corrected chi connectivity index (χ1v) is 12.4. The number of carbonyl (C=O) groups is 1. The molecule has 4 rings (SSSR count). The van der Waals surface area contributed by atoms with Crippen LogP contribution in [0.2, 0.25) is 0 Å². The molecule has 39 heavy (non-hydrogen) atoms. The van der Waals surface area contributed by atoms with Crippen LogP contribution >= 0.6 is 0 Å². The van der Waals surface area contributed by atoms with E-state index in [9.17, 15) is 23.5 Å². The molecule has 11 heteroatoms. The van der Waals surface area contributed by atoms with Crippen LogP contribution in [-0.2, 0) is 16.1 Å². The molecule has 2 heterocycles. The largest absolute Gasteiger partial charge is 0.502 e. The number of ether oxygens (including phenoxy) is 3. The lowest BCUT2D eigenvalue weighted by atomic mass is 9.92. The van der Waals surface area contributed by atoms with Crippen LogP contribution in [0.5, 0.6) is 17.2 Å². The maximum Gasteiger partial charge on any atom is 0.387 e. The van der Waals surface area contributed by atoms with Gasteiger partial charge in [-0.25, -0.2) is 0 Å². The van der Waals surface area contributed by atoms with Crippen molar-refractivity contribution in [2.75, 3.05) is 45.3 Å². The quantitative estimate of drug-likeness (QED) is 0.380. The van der Waals surface area contributed by atoms with Gasteiger partial charge in [0, 0.05) is 37.9 Å². The number of hydrogen-bond donors (Lipinski definition) is 1. The Balaban J connectivity index is 1.54. The highest BCUT2D eigenvalue weighted by molar-refractivity contribution is 5.71. The van der Waals surface area contributed by atoms with Gasteiger partial charge in [0.1, 0.15) is 17.3 Å². The number of piperazine rings is 1. The summed E-state index contributed by atoms with van der Waals surface area (Å²) in [5, 5.41) is 10.6. The molecule has 1 aromatic heterocycles. The van der Waals surface area contributed by atoms with E-state index in [1.54, 1.807) is 13.2 Å². The molecule has 1 aliphatic rings. The van der Waals surface area contributed by atoms with E-state index in [-0.39, 0.29) is 17.9 Å². The average Bonchev–Trinajstić information content (AvgIpc) is 2.94. The monoisotopic (exact) mass is 544 g/mol. The van der Waals surface area contributed by atoms with Crippen LogP contribution in [0.25, 0.3) is 0 Å². The summed E-state index contributed by atoms with van der Waals surface area (Å²) in [6, 6.07) is 14.7. The molecular weight excluding hydrogens is 514 g/mol. The van der Waals surface area contributed by atoms with Gasteiger partial charge in [-0.3, -0.25) is 14.5 Å². The summed E-state index contributed by atoms with van der Waals surface area (Å²) in [4.78, 5) is 29.3. The molecule has 1 N–H and O–H groups in total. The van der Waals surface area contributed by atoms with Crippen LogP contribution in [0.1, 0.15) is 29.4 Å². The van der Waals surface area contributed by atoms with Crippen molar-refractivity contribution in [2.45, 2.75) is 25.5 Å². The number of rotatable bonds is 10. The van der Waals surface area contributed by atoms with E-state index >= 15 is 0 Å². The van der Waals surface area contributed by atoms with Gasteiger partial charge in [0.2, 0.25) is 11.2 Å². The second-order valence-electron chi connectivity index (χ2n) is 9.03. The predicted octanol–water partition coefficient (Wildman–Crippen LogP) is 3.97. The molecule has 0 unspecified atom stereocenters. The van der Waals surface area contributed by atoms with Gasteiger partial charge in [0.25, 0.3) is 0 Å². The first-order valence-electron chi connectivity index (χ1n) is 12.4. The highest BCUT2D eigenvalue weighted by Crippen LogP contribution is 2.35. The van der Waals surface area contributed by atoms with Crippen LogP contribution in [0.15, 0.2) is 63.8 Å². The second-order valence-corrected chi connectivity index (χ2v) is 9.03. The number of alkyl halides is 2. The van der Waals surface area contributed by atoms with Gasteiger partial charge in [-0.1, -0.05) is 12.1 Å². The minimum atomic E-state index is -3.04. The number of esters is 1. The fourth-order valence-corrected chi connectivity index (χ4v) is 4.57. The Morgan fingerprint density at radius 3 is 2.38 bits per heavy atom. The highest BCUT2D eigenvalue weighted by Gasteiger charge is 2.28. The van der Waals surface area contributed by atoms with Gasteiger partial charge in [-0.2, -0.15) is 8.78 Å². The summed E-state index contributed by atoms with van der Waals surface area (Å²) in [6.07, 6.45) is -0.297. The zero-order valence-corrected chi connectivity index (χ0v) is 21.6. The number of methoxy groups -OCH3 is 2. The third-order valence-corrected chi connectivity index (χ3v) is 6.59. The van der Waals surface area contributed by atoms with Crippen molar-refractivity contribution in [3.05, 3.63) is 81.9 Å². The van der Waals surface area contributed by atoms with Gasteiger partial charge in [0.15, 0.2) is 5.76 Å². The van der Waals surface area contributed by atoms with Crippen LogP contribution in [-0.4, -0.2) is 63.0 Å². The van der Waals surface area contributed by atoms with E-state index in [2.05, 4.69) is 14.5 Å². The summed E-state index contributed by atoms with van der Waals surface area (Å²) < 4.78 is 46.0. The molecule has 1 atom stereocenters. The third-order valence-electron chi connectivity index (χ3n) is 6.59. The lowest BCUT2D eigenvalue weighted by Gasteiger charge is -2.36. The second kappa shape index (κ2) is 12.6. The Bertz CT molecular complexity index is 1320. The summed E-state index contributed by atoms with van der Waals surface area (Å²) in [7, 11) is 2.82. The van der Waals surface area contributed by atoms with Crippen LogP contribution in [0.3, 0.4) is 0 Å². The van der Waals surface area contributed by atoms with Gasteiger partial charge in [-0.05, 0) is 42.0 Å². The number of aromatic hydroxyl groups is 1. The first-order chi connectivity index (χ1) is 18.8. The van der Waals surface area contributed by atoms with Crippen molar-refractivity contribution >= 4 is 11.7 Å². The van der Waals surface area contributed by atoms with Crippen LogP contribution < -0.4 is 19.8 Å². The van der Waals surface area contributed by atoms with Gasteiger partial charge in [0.05, 0.1) is 33.1 Å². The van der Waals surface area contributed by atoms with E-state index in [1.807, 2.05) is 24.3 Å². The Labute approximate surface area is 224 Å².